The summed E-state index contributed by atoms with van der Waals surface area (Å²) in [6, 6.07) is 15.6. The second-order valence-electron chi connectivity index (χ2n) is 7.04. The van der Waals surface area contributed by atoms with Crippen molar-refractivity contribution in [2.75, 3.05) is 40.0 Å². The summed E-state index contributed by atoms with van der Waals surface area (Å²) in [5, 5.41) is 8.01. The molecule has 0 bridgehead atoms. The Morgan fingerprint density at radius 2 is 1.93 bits per heavy atom. The lowest BCUT2D eigenvalue weighted by Gasteiger charge is -2.35. The first-order chi connectivity index (χ1) is 14.2. The lowest BCUT2D eigenvalue weighted by molar-refractivity contribution is -0.120. The van der Waals surface area contributed by atoms with Crippen molar-refractivity contribution in [3.05, 3.63) is 59.8 Å². The highest BCUT2D eigenvalue weighted by Crippen LogP contribution is 2.24. The Morgan fingerprint density at radius 1 is 1.17 bits per heavy atom. The summed E-state index contributed by atoms with van der Waals surface area (Å²) in [5.74, 6) is 0.743. The number of morpholine rings is 1. The van der Waals surface area contributed by atoms with Crippen LogP contribution in [0.2, 0.25) is 0 Å². The fraction of sp³-hybridized carbons (Fsp3) is 0.364. The zero-order chi connectivity index (χ0) is 20.1. The SMILES string of the molecule is COc1ccc([C@H](CNC(=O)Cc2noc3ccccc23)N2CCOCC2)cc1. The van der Waals surface area contributed by atoms with E-state index in [1.807, 2.05) is 36.4 Å². The van der Waals surface area contributed by atoms with Crippen molar-refractivity contribution in [2.24, 2.45) is 0 Å². The first-order valence-electron chi connectivity index (χ1n) is 9.80. The number of nitrogens with zero attached hydrogens (tertiary/aromatic N) is 2. The van der Waals surface area contributed by atoms with E-state index in [-0.39, 0.29) is 18.4 Å². The summed E-state index contributed by atoms with van der Waals surface area (Å²) >= 11 is 0. The Kier molecular flexibility index (Phi) is 6.07. The fourth-order valence-electron chi connectivity index (χ4n) is 3.66. The van der Waals surface area contributed by atoms with Gasteiger partial charge in [-0.05, 0) is 29.8 Å². The Hall–Kier alpha value is -2.90. The number of aromatic nitrogens is 1. The lowest BCUT2D eigenvalue weighted by atomic mass is 10.0. The summed E-state index contributed by atoms with van der Waals surface area (Å²) in [4.78, 5) is 15.0. The number of amides is 1. The molecule has 2 aromatic carbocycles. The minimum atomic E-state index is -0.0733. The second kappa shape index (κ2) is 9.07. The fourth-order valence-corrected chi connectivity index (χ4v) is 3.66. The molecule has 2 heterocycles. The van der Waals surface area contributed by atoms with Gasteiger partial charge >= 0.3 is 0 Å². The summed E-state index contributed by atoms with van der Waals surface area (Å²) in [7, 11) is 1.66. The van der Waals surface area contributed by atoms with Crippen LogP contribution in [0.15, 0.2) is 53.1 Å². The molecular formula is C22H25N3O4. The van der Waals surface area contributed by atoms with Crippen LogP contribution in [0.1, 0.15) is 17.3 Å². The van der Waals surface area contributed by atoms with Crippen LogP contribution in [0.5, 0.6) is 5.75 Å². The van der Waals surface area contributed by atoms with Crippen molar-refractivity contribution < 1.29 is 18.8 Å². The molecule has 1 N–H and O–H groups in total. The van der Waals surface area contributed by atoms with Crippen molar-refractivity contribution in [2.45, 2.75) is 12.5 Å². The van der Waals surface area contributed by atoms with Crippen molar-refractivity contribution in [3.8, 4) is 5.75 Å². The predicted molar refractivity (Wildman–Crippen MR) is 109 cm³/mol. The van der Waals surface area contributed by atoms with E-state index in [1.54, 1.807) is 7.11 Å². The highest BCUT2D eigenvalue weighted by atomic mass is 16.5. The van der Waals surface area contributed by atoms with Gasteiger partial charge in [0.2, 0.25) is 5.91 Å². The van der Waals surface area contributed by atoms with Crippen LogP contribution in [-0.2, 0) is 16.0 Å². The zero-order valence-electron chi connectivity index (χ0n) is 16.5. The number of benzene rings is 2. The first-order valence-corrected chi connectivity index (χ1v) is 9.80. The third-order valence-corrected chi connectivity index (χ3v) is 5.26. The molecule has 1 amide bonds. The van der Waals surface area contributed by atoms with Gasteiger partial charge in [0.15, 0.2) is 5.58 Å². The minimum absolute atomic E-state index is 0.0720. The maximum Gasteiger partial charge on any atom is 0.226 e. The quantitative estimate of drug-likeness (QED) is 0.663. The minimum Gasteiger partial charge on any atom is -0.497 e. The number of rotatable bonds is 7. The van der Waals surface area contributed by atoms with E-state index >= 15 is 0 Å². The molecule has 0 saturated carbocycles. The number of para-hydroxylation sites is 1. The number of hydrogen-bond donors (Lipinski definition) is 1. The van der Waals surface area contributed by atoms with E-state index in [2.05, 4.69) is 27.5 Å². The maximum absolute atomic E-state index is 12.6. The Labute approximate surface area is 169 Å². The topological polar surface area (TPSA) is 76.8 Å². The lowest BCUT2D eigenvalue weighted by Crippen LogP contribution is -2.44. The van der Waals surface area contributed by atoms with E-state index in [0.29, 0.717) is 31.0 Å². The van der Waals surface area contributed by atoms with Crippen LogP contribution < -0.4 is 10.1 Å². The molecule has 4 rings (SSSR count). The largest absolute Gasteiger partial charge is 0.497 e. The van der Waals surface area contributed by atoms with Crippen molar-refractivity contribution in [3.63, 3.8) is 0 Å². The van der Waals surface area contributed by atoms with Crippen LogP contribution in [0.25, 0.3) is 11.0 Å². The third kappa shape index (κ3) is 4.58. The molecule has 3 aromatic rings. The smallest absolute Gasteiger partial charge is 0.226 e. The molecule has 0 unspecified atom stereocenters. The number of nitrogens with one attached hydrogen (secondary N) is 1. The van der Waals surface area contributed by atoms with Crippen LogP contribution in [0, 0.1) is 0 Å². The van der Waals surface area contributed by atoms with Gasteiger partial charge in [-0.25, -0.2) is 0 Å². The Morgan fingerprint density at radius 3 is 2.69 bits per heavy atom. The van der Waals surface area contributed by atoms with E-state index in [4.69, 9.17) is 14.0 Å². The molecule has 1 aliphatic rings. The van der Waals surface area contributed by atoms with Crippen molar-refractivity contribution >= 4 is 16.9 Å². The molecule has 1 atom stereocenters. The summed E-state index contributed by atoms with van der Waals surface area (Å²) < 4.78 is 16.1. The number of fused-ring (bicyclic) bond motifs is 1. The average molecular weight is 395 g/mol. The number of methoxy groups -OCH3 is 1. The van der Waals surface area contributed by atoms with Crippen LogP contribution in [0.3, 0.4) is 0 Å². The number of hydrogen-bond acceptors (Lipinski definition) is 6. The van der Waals surface area contributed by atoms with Gasteiger partial charge in [0.25, 0.3) is 0 Å². The molecule has 29 heavy (non-hydrogen) atoms. The third-order valence-electron chi connectivity index (χ3n) is 5.26. The van der Waals surface area contributed by atoms with E-state index in [0.717, 1.165) is 29.8 Å². The van der Waals surface area contributed by atoms with Gasteiger partial charge in [0, 0.05) is 25.0 Å². The summed E-state index contributed by atoms with van der Waals surface area (Å²) in [5.41, 5.74) is 2.49. The standard InChI is InChI=1S/C22H25N3O4/c1-27-17-8-6-16(7-9-17)20(25-10-12-28-13-11-25)15-23-22(26)14-19-18-4-2-3-5-21(18)29-24-19/h2-9,20H,10-15H2,1H3,(H,23,26)/t20-/m0/s1. The van der Waals surface area contributed by atoms with Gasteiger partial charge in [-0.3, -0.25) is 9.69 Å². The van der Waals surface area contributed by atoms with Gasteiger partial charge in [-0.15, -0.1) is 0 Å². The highest BCUT2D eigenvalue weighted by molar-refractivity contribution is 5.86. The summed E-state index contributed by atoms with van der Waals surface area (Å²) in [6.45, 7) is 3.58. The number of carbonyl (C=O) groups is 1. The molecule has 0 radical (unpaired) electrons. The maximum atomic E-state index is 12.6. The van der Waals surface area contributed by atoms with Gasteiger partial charge in [-0.1, -0.05) is 29.4 Å². The Bertz CT molecular complexity index is 948. The van der Waals surface area contributed by atoms with E-state index in [9.17, 15) is 4.79 Å². The molecule has 7 heteroatoms. The molecule has 1 aliphatic heterocycles. The van der Waals surface area contributed by atoms with E-state index in [1.165, 1.54) is 0 Å². The molecule has 1 aromatic heterocycles. The van der Waals surface area contributed by atoms with Gasteiger partial charge in [0.05, 0.1) is 32.8 Å². The molecule has 7 nitrogen and oxygen atoms in total. The van der Waals surface area contributed by atoms with Crippen molar-refractivity contribution in [1.29, 1.82) is 0 Å². The average Bonchev–Trinajstić information content (AvgIpc) is 3.18. The molecule has 0 aliphatic carbocycles. The molecule has 152 valence electrons. The Balaban J connectivity index is 1.44. The monoisotopic (exact) mass is 395 g/mol. The normalized spacial score (nSPS) is 15.9. The molecule has 1 fully saturated rings. The molecule has 1 saturated heterocycles. The number of ether oxygens (including phenoxy) is 2. The second-order valence-corrected chi connectivity index (χ2v) is 7.04. The predicted octanol–water partition coefficient (Wildman–Crippen LogP) is 2.57. The highest BCUT2D eigenvalue weighted by Gasteiger charge is 2.23. The molecular weight excluding hydrogens is 370 g/mol. The zero-order valence-corrected chi connectivity index (χ0v) is 16.5. The summed E-state index contributed by atoms with van der Waals surface area (Å²) in [6.07, 6.45) is 0.190. The van der Waals surface area contributed by atoms with Gasteiger partial charge in [0.1, 0.15) is 11.4 Å². The number of carbonyl (C=O) groups excluding carboxylic acids is 1. The van der Waals surface area contributed by atoms with Gasteiger partial charge in [-0.2, -0.15) is 0 Å². The van der Waals surface area contributed by atoms with Crippen LogP contribution >= 0.6 is 0 Å². The molecule has 0 spiro atoms. The van der Waals surface area contributed by atoms with Crippen molar-refractivity contribution in [1.82, 2.24) is 15.4 Å². The van der Waals surface area contributed by atoms with Crippen LogP contribution in [0.4, 0.5) is 0 Å². The van der Waals surface area contributed by atoms with Gasteiger partial charge < -0.3 is 19.3 Å². The van der Waals surface area contributed by atoms with Crippen LogP contribution in [-0.4, -0.2) is 55.9 Å². The van der Waals surface area contributed by atoms with E-state index < -0.39 is 0 Å². The first kappa shape index (κ1) is 19.4.